The van der Waals surface area contributed by atoms with Gasteiger partial charge in [0, 0.05) is 24.0 Å². The van der Waals surface area contributed by atoms with Gasteiger partial charge in [0.15, 0.2) is 0 Å². The molecule has 0 aliphatic carbocycles. The van der Waals surface area contributed by atoms with Crippen molar-refractivity contribution in [1.29, 1.82) is 0 Å². The van der Waals surface area contributed by atoms with Crippen molar-refractivity contribution in [2.75, 3.05) is 6.61 Å². The van der Waals surface area contributed by atoms with E-state index in [1.54, 1.807) is 11.5 Å². The van der Waals surface area contributed by atoms with Crippen molar-refractivity contribution in [3.63, 3.8) is 0 Å². The molecule has 2 aromatic rings. The van der Waals surface area contributed by atoms with Gasteiger partial charge < -0.3 is 15.4 Å². The van der Waals surface area contributed by atoms with Crippen LogP contribution < -0.4 is 11.2 Å². The van der Waals surface area contributed by atoms with Crippen molar-refractivity contribution >= 4 is 5.91 Å². The molecule has 0 spiro atoms. The van der Waals surface area contributed by atoms with E-state index in [9.17, 15) is 14.0 Å². The van der Waals surface area contributed by atoms with Crippen LogP contribution in [0.25, 0.3) is 11.1 Å². The number of nitrogens with zero attached hydrogens (tertiary/aromatic N) is 1. The Kier molecular flexibility index (Phi) is 4.18. The van der Waals surface area contributed by atoms with Crippen LogP contribution in [0.4, 0.5) is 4.39 Å². The van der Waals surface area contributed by atoms with E-state index in [0.29, 0.717) is 11.3 Å². The second kappa shape index (κ2) is 5.88. The third-order valence-electron chi connectivity index (χ3n) is 3.29. The minimum atomic E-state index is -0.838. The minimum absolute atomic E-state index is 0.148. The van der Waals surface area contributed by atoms with Gasteiger partial charge >= 0.3 is 0 Å². The Balaban J connectivity index is 2.76. The maximum Gasteiger partial charge on any atom is 0.254 e. The summed E-state index contributed by atoms with van der Waals surface area (Å²) >= 11 is 0. The number of aliphatic hydroxyl groups is 1. The molecule has 0 saturated heterocycles. The van der Waals surface area contributed by atoms with E-state index in [0.717, 1.165) is 0 Å². The summed E-state index contributed by atoms with van der Waals surface area (Å²) in [5.74, 6) is -1.26. The number of nitrogens with two attached hydrogens (primary N) is 1. The molecule has 0 fully saturated rings. The summed E-state index contributed by atoms with van der Waals surface area (Å²) in [4.78, 5) is 23.8. The Morgan fingerprint density at radius 3 is 2.48 bits per heavy atom. The van der Waals surface area contributed by atoms with Gasteiger partial charge in [0.05, 0.1) is 6.61 Å². The number of hydrogen-bond donors (Lipinski definition) is 2. The van der Waals surface area contributed by atoms with Crippen molar-refractivity contribution < 1.29 is 14.3 Å². The predicted octanol–water partition coefficient (Wildman–Crippen LogP) is 1.05. The average Bonchev–Trinajstić information content (AvgIpc) is 2.44. The Morgan fingerprint density at radius 1 is 1.33 bits per heavy atom. The largest absolute Gasteiger partial charge is 0.395 e. The minimum Gasteiger partial charge on any atom is -0.395 e. The van der Waals surface area contributed by atoms with Gasteiger partial charge in [0.2, 0.25) is 5.43 Å². The van der Waals surface area contributed by atoms with Crippen LogP contribution in [0.15, 0.2) is 35.3 Å². The molecule has 6 heteroatoms. The first-order chi connectivity index (χ1) is 9.95. The van der Waals surface area contributed by atoms with Crippen LogP contribution in [0.5, 0.6) is 0 Å². The third-order valence-corrected chi connectivity index (χ3v) is 3.29. The number of carbonyl (C=O) groups is 1. The lowest BCUT2D eigenvalue weighted by atomic mass is 10.0. The first kappa shape index (κ1) is 14.9. The van der Waals surface area contributed by atoms with Crippen LogP contribution >= 0.6 is 0 Å². The van der Waals surface area contributed by atoms with E-state index in [-0.39, 0.29) is 24.3 Å². The van der Waals surface area contributed by atoms with Gasteiger partial charge in [-0.25, -0.2) is 4.39 Å². The summed E-state index contributed by atoms with van der Waals surface area (Å²) in [7, 11) is 0. The van der Waals surface area contributed by atoms with Gasteiger partial charge in [-0.1, -0.05) is 12.1 Å². The summed E-state index contributed by atoms with van der Waals surface area (Å²) in [5, 5.41) is 9.08. The average molecular weight is 290 g/mol. The maximum atomic E-state index is 13.0. The number of primary amides is 1. The third kappa shape index (κ3) is 2.85. The first-order valence-electron chi connectivity index (χ1n) is 6.36. The van der Waals surface area contributed by atoms with Gasteiger partial charge in [0.1, 0.15) is 11.4 Å². The Bertz CT molecular complexity index is 736. The van der Waals surface area contributed by atoms with Crippen molar-refractivity contribution in [3.05, 3.63) is 57.8 Å². The topological polar surface area (TPSA) is 85.3 Å². The van der Waals surface area contributed by atoms with E-state index in [1.165, 1.54) is 30.5 Å². The zero-order chi connectivity index (χ0) is 15.6. The monoisotopic (exact) mass is 290 g/mol. The zero-order valence-electron chi connectivity index (χ0n) is 11.5. The molecule has 0 aliphatic rings. The lowest BCUT2D eigenvalue weighted by Gasteiger charge is -2.15. The molecule has 0 unspecified atom stereocenters. The molecule has 5 nitrogen and oxygen atoms in total. The van der Waals surface area contributed by atoms with Gasteiger partial charge in [-0.2, -0.15) is 0 Å². The van der Waals surface area contributed by atoms with Crippen molar-refractivity contribution in [3.8, 4) is 11.1 Å². The number of rotatable bonds is 4. The van der Waals surface area contributed by atoms with Gasteiger partial charge in [-0.05, 0) is 24.6 Å². The number of aromatic nitrogens is 1. The normalized spacial score (nSPS) is 10.6. The lowest BCUT2D eigenvalue weighted by molar-refractivity contribution is 0.0998. The summed E-state index contributed by atoms with van der Waals surface area (Å²) in [5.41, 5.74) is 5.91. The maximum absolute atomic E-state index is 13.0. The fourth-order valence-corrected chi connectivity index (χ4v) is 2.23. The van der Waals surface area contributed by atoms with Crippen LogP contribution in [-0.4, -0.2) is 22.2 Å². The fraction of sp³-hybridized carbons (Fsp3) is 0.200. The molecule has 0 bridgehead atoms. The van der Waals surface area contributed by atoms with Gasteiger partial charge in [0.25, 0.3) is 5.91 Å². The van der Waals surface area contributed by atoms with E-state index in [4.69, 9.17) is 10.8 Å². The highest BCUT2D eigenvalue weighted by Gasteiger charge is 2.17. The van der Waals surface area contributed by atoms with Crippen LogP contribution in [0.3, 0.4) is 0 Å². The molecule has 1 heterocycles. The number of carbonyl (C=O) groups excluding carboxylic acids is 1. The van der Waals surface area contributed by atoms with Crippen LogP contribution in [-0.2, 0) is 6.54 Å². The molecule has 3 N–H and O–H groups in total. The summed E-state index contributed by atoms with van der Waals surface area (Å²) in [6, 6.07) is 5.41. The molecule has 110 valence electrons. The van der Waals surface area contributed by atoms with Crippen LogP contribution in [0, 0.1) is 12.7 Å². The zero-order valence-corrected chi connectivity index (χ0v) is 11.5. The molecule has 0 aliphatic heterocycles. The summed E-state index contributed by atoms with van der Waals surface area (Å²) in [6.07, 6.45) is 1.34. The van der Waals surface area contributed by atoms with Crippen LogP contribution in [0.2, 0.25) is 0 Å². The number of pyridine rings is 1. The molecule has 0 saturated carbocycles. The molecule has 1 aromatic carbocycles. The van der Waals surface area contributed by atoms with Crippen molar-refractivity contribution in [1.82, 2.24) is 4.57 Å². The Labute approximate surface area is 120 Å². The molecule has 21 heavy (non-hydrogen) atoms. The lowest BCUT2D eigenvalue weighted by Crippen LogP contribution is -2.27. The van der Waals surface area contributed by atoms with Crippen molar-refractivity contribution in [2.45, 2.75) is 13.5 Å². The van der Waals surface area contributed by atoms with Gasteiger partial charge in [-0.3, -0.25) is 9.59 Å². The SMILES string of the molecule is Cc1c(-c2ccc(F)cc2)c(=O)c(C(N)=O)cn1CCO. The first-order valence-corrected chi connectivity index (χ1v) is 6.36. The highest BCUT2D eigenvalue weighted by molar-refractivity contribution is 5.93. The standard InChI is InChI=1S/C15H15FN2O3/c1-9-13(10-2-4-11(16)5-3-10)14(20)12(15(17)21)8-18(9)6-7-19/h2-5,8,19H,6-7H2,1H3,(H2,17,21). The molecule has 2 rings (SSSR count). The molecule has 0 radical (unpaired) electrons. The number of halogens is 1. The fourth-order valence-electron chi connectivity index (χ4n) is 2.23. The molecule has 1 aromatic heterocycles. The molecule has 1 amide bonds. The van der Waals surface area contributed by atoms with Crippen LogP contribution in [0.1, 0.15) is 16.1 Å². The van der Waals surface area contributed by atoms with E-state index >= 15 is 0 Å². The second-order valence-electron chi connectivity index (χ2n) is 4.62. The quantitative estimate of drug-likeness (QED) is 0.882. The number of benzene rings is 1. The Hall–Kier alpha value is -2.47. The predicted molar refractivity (Wildman–Crippen MR) is 76.4 cm³/mol. The van der Waals surface area contributed by atoms with E-state index in [1.807, 2.05) is 0 Å². The number of hydrogen-bond acceptors (Lipinski definition) is 3. The van der Waals surface area contributed by atoms with E-state index < -0.39 is 17.2 Å². The highest BCUT2D eigenvalue weighted by atomic mass is 19.1. The second-order valence-corrected chi connectivity index (χ2v) is 4.62. The van der Waals surface area contributed by atoms with Gasteiger partial charge in [-0.15, -0.1) is 0 Å². The number of aliphatic hydroxyl groups excluding tert-OH is 1. The smallest absolute Gasteiger partial charge is 0.254 e. The molecular formula is C15H15FN2O3. The molecular weight excluding hydrogens is 275 g/mol. The number of amides is 1. The van der Waals surface area contributed by atoms with E-state index in [2.05, 4.69) is 0 Å². The Morgan fingerprint density at radius 2 is 1.95 bits per heavy atom. The van der Waals surface area contributed by atoms with Crippen molar-refractivity contribution in [2.24, 2.45) is 5.73 Å². The molecule has 0 atom stereocenters. The highest BCUT2D eigenvalue weighted by Crippen LogP contribution is 2.21. The summed E-state index contributed by atoms with van der Waals surface area (Å²) < 4.78 is 14.6. The summed E-state index contributed by atoms with van der Waals surface area (Å²) in [6.45, 7) is 1.77.